The van der Waals surface area contributed by atoms with Crippen LogP contribution in [0, 0.1) is 17.5 Å². The third-order valence-corrected chi connectivity index (χ3v) is 6.21. The van der Waals surface area contributed by atoms with Crippen molar-refractivity contribution in [2.24, 2.45) is 5.73 Å². The number of carbonyl (C=O) groups is 3. The average Bonchev–Trinajstić information content (AvgIpc) is 3.34. The molecule has 3 N–H and O–H groups in total. The van der Waals surface area contributed by atoms with Gasteiger partial charge in [-0.25, -0.2) is 13.2 Å². The van der Waals surface area contributed by atoms with E-state index in [0.717, 1.165) is 24.4 Å². The topological polar surface area (TPSA) is 120 Å². The van der Waals surface area contributed by atoms with Crippen molar-refractivity contribution >= 4 is 18.1 Å². The van der Waals surface area contributed by atoms with Gasteiger partial charge in [0.2, 0.25) is 5.91 Å². The minimum Gasteiger partial charge on any atom is -0.366 e. The Hall–Kier alpha value is -5.01. The van der Waals surface area contributed by atoms with Gasteiger partial charge in [-0.05, 0) is 47.9 Å². The summed E-state index contributed by atoms with van der Waals surface area (Å²) in [6.45, 7) is -0.883. The van der Waals surface area contributed by atoms with Gasteiger partial charge in [-0.2, -0.15) is 18.3 Å². The van der Waals surface area contributed by atoms with Crippen LogP contribution in [0.2, 0.25) is 0 Å². The maximum absolute atomic E-state index is 14.1. The number of halogens is 6. The van der Waals surface area contributed by atoms with Gasteiger partial charge >= 0.3 is 6.18 Å². The first-order valence-corrected chi connectivity index (χ1v) is 12.2. The standard InChI is InChI=1S/C28H21F6N5O3/c29-19-7-15(8-20(30)10-19)6-17(11-37-24(41)13-39-12-18(14-40)26(38-39)28(32,33)34)25-21(2-1-5-36-25)16-3-4-23(31)22(9-16)27(35)42/h1-5,7-10,12,14,17H,6,11,13H2,(H2,35,42)(H,37,41). The molecule has 2 amide bonds. The normalized spacial score (nSPS) is 12.1. The van der Waals surface area contributed by atoms with Crippen LogP contribution < -0.4 is 11.1 Å². The highest BCUT2D eigenvalue weighted by atomic mass is 19.4. The van der Waals surface area contributed by atoms with Crippen molar-refractivity contribution in [1.82, 2.24) is 20.1 Å². The minimum absolute atomic E-state index is 0.0277. The molecule has 1 atom stereocenters. The number of primary amides is 1. The zero-order valence-electron chi connectivity index (χ0n) is 21.5. The van der Waals surface area contributed by atoms with Gasteiger partial charge < -0.3 is 11.1 Å². The van der Waals surface area contributed by atoms with E-state index in [-0.39, 0.29) is 30.4 Å². The number of aromatic nitrogens is 3. The molecule has 2 aromatic heterocycles. The Balaban J connectivity index is 1.65. The van der Waals surface area contributed by atoms with E-state index in [9.17, 15) is 40.7 Å². The average molecular weight is 589 g/mol. The molecule has 0 radical (unpaired) electrons. The molecule has 0 spiro atoms. The lowest BCUT2D eigenvalue weighted by atomic mass is 9.89. The van der Waals surface area contributed by atoms with Crippen molar-refractivity contribution in [2.45, 2.75) is 25.1 Å². The maximum atomic E-state index is 14.1. The molecule has 0 bridgehead atoms. The Morgan fingerprint density at radius 1 is 1.05 bits per heavy atom. The van der Waals surface area contributed by atoms with Crippen molar-refractivity contribution in [2.75, 3.05) is 6.54 Å². The maximum Gasteiger partial charge on any atom is 0.435 e. The highest BCUT2D eigenvalue weighted by Gasteiger charge is 2.37. The van der Waals surface area contributed by atoms with E-state index in [4.69, 9.17) is 5.73 Å². The first kappa shape index (κ1) is 30.0. The smallest absolute Gasteiger partial charge is 0.366 e. The molecule has 4 rings (SSSR count). The number of nitrogens with one attached hydrogen (secondary N) is 1. The summed E-state index contributed by atoms with van der Waals surface area (Å²) < 4.78 is 82.1. The molecular formula is C28H21F6N5O3. The zero-order chi connectivity index (χ0) is 30.6. The molecule has 0 fully saturated rings. The third-order valence-electron chi connectivity index (χ3n) is 6.21. The molecule has 2 heterocycles. The number of hydrogen-bond donors (Lipinski definition) is 2. The molecule has 0 saturated carbocycles. The summed E-state index contributed by atoms with van der Waals surface area (Å²) in [6, 6.07) is 9.66. The van der Waals surface area contributed by atoms with E-state index < -0.39 is 59.2 Å². The number of rotatable bonds is 10. The van der Waals surface area contributed by atoms with Crippen LogP contribution in [0.4, 0.5) is 26.3 Å². The van der Waals surface area contributed by atoms with Crippen LogP contribution >= 0.6 is 0 Å². The predicted molar refractivity (Wildman–Crippen MR) is 137 cm³/mol. The van der Waals surface area contributed by atoms with Gasteiger partial charge in [-0.1, -0.05) is 12.1 Å². The molecule has 0 aliphatic heterocycles. The lowest BCUT2D eigenvalue weighted by molar-refractivity contribution is -0.142. The van der Waals surface area contributed by atoms with Crippen molar-refractivity contribution < 1.29 is 40.7 Å². The fourth-order valence-electron chi connectivity index (χ4n) is 4.41. The number of aldehydes is 1. The number of nitrogens with zero attached hydrogens (tertiary/aromatic N) is 3. The van der Waals surface area contributed by atoms with Gasteiger partial charge in [0.25, 0.3) is 5.91 Å². The zero-order valence-corrected chi connectivity index (χ0v) is 21.5. The van der Waals surface area contributed by atoms with Crippen LogP contribution in [0.5, 0.6) is 0 Å². The summed E-state index contributed by atoms with van der Waals surface area (Å²) in [6.07, 6.45) is -2.79. The minimum atomic E-state index is -4.91. The van der Waals surface area contributed by atoms with Crippen LogP contribution in [0.1, 0.15) is 43.6 Å². The fourth-order valence-corrected chi connectivity index (χ4v) is 4.41. The van der Waals surface area contributed by atoms with Crippen LogP contribution in [0.15, 0.2) is 60.9 Å². The van der Waals surface area contributed by atoms with Crippen LogP contribution in [0.3, 0.4) is 0 Å². The first-order chi connectivity index (χ1) is 19.8. The Kier molecular flexibility index (Phi) is 8.73. The molecule has 2 aromatic carbocycles. The number of carbonyl (C=O) groups excluding carboxylic acids is 3. The lowest BCUT2D eigenvalue weighted by Gasteiger charge is -2.21. The number of hydrogen-bond acceptors (Lipinski definition) is 5. The fraction of sp³-hybridized carbons (Fsp3) is 0.179. The van der Waals surface area contributed by atoms with Crippen LogP contribution in [-0.4, -0.2) is 39.4 Å². The van der Waals surface area contributed by atoms with Gasteiger partial charge in [0.15, 0.2) is 12.0 Å². The second kappa shape index (κ2) is 12.2. The molecular weight excluding hydrogens is 568 g/mol. The molecule has 8 nitrogen and oxygen atoms in total. The van der Waals surface area contributed by atoms with Gasteiger partial charge in [-0.3, -0.25) is 24.0 Å². The van der Waals surface area contributed by atoms with E-state index in [1.165, 1.54) is 18.3 Å². The van der Waals surface area contributed by atoms with Gasteiger partial charge in [0.1, 0.15) is 24.0 Å². The summed E-state index contributed by atoms with van der Waals surface area (Å²) >= 11 is 0. The van der Waals surface area contributed by atoms with E-state index in [1.54, 1.807) is 12.1 Å². The Morgan fingerprint density at radius 2 is 1.76 bits per heavy atom. The predicted octanol–water partition coefficient (Wildman–Crippen LogP) is 4.44. The Bertz CT molecular complexity index is 1630. The van der Waals surface area contributed by atoms with Gasteiger partial charge in [-0.15, -0.1) is 0 Å². The second-order valence-electron chi connectivity index (χ2n) is 9.22. The molecule has 218 valence electrons. The van der Waals surface area contributed by atoms with E-state index in [1.807, 2.05) is 0 Å². The number of nitrogens with two attached hydrogens (primary N) is 1. The summed E-state index contributed by atoms with van der Waals surface area (Å²) in [5.41, 5.74) is 3.95. The molecule has 4 aromatic rings. The molecule has 14 heteroatoms. The van der Waals surface area contributed by atoms with E-state index in [0.29, 0.717) is 27.6 Å². The molecule has 42 heavy (non-hydrogen) atoms. The highest BCUT2D eigenvalue weighted by molar-refractivity contribution is 5.94. The van der Waals surface area contributed by atoms with Crippen molar-refractivity contribution in [3.05, 3.63) is 106 Å². The first-order valence-electron chi connectivity index (χ1n) is 12.2. The van der Waals surface area contributed by atoms with Crippen LogP contribution in [0.25, 0.3) is 11.1 Å². The number of alkyl halides is 3. The highest BCUT2D eigenvalue weighted by Crippen LogP contribution is 2.32. The number of pyridine rings is 1. The number of benzene rings is 2. The second-order valence-corrected chi connectivity index (χ2v) is 9.22. The van der Waals surface area contributed by atoms with Gasteiger partial charge in [0, 0.05) is 36.5 Å². The molecule has 0 aliphatic carbocycles. The van der Waals surface area contributed by atoms with Crippen molar-refractivity contribution in [3.8, 4) is 11.1 Å². The van der Waals surface area contributed by atoms with Crippen molar-refractivity contribution in [1.29, 1.82) is 0 Å². The summed E-state index contributed by atoms with van der Waals surface area (Å²) in [7, 11) is 0. The summed E-state index contributed by atoms with van der Waals surface area (Å²) in [5, 5.41) is 5.83. The van der Waals surface area contributed by atoms with Crippen molar-refractivity contribution in [3.63, 3.8) is 0 Å². The lowest BCUT2D eigenvalue weighted by Crippen LogP contribution is -2.32. The van der Waals surface area contributed by atoms with Crippen LogP contribution in [-0.2, 0) is 23.9 Å². The SMILES string of the molecule is NC(=O)c1cc(-c2cccnc2C(CNC(=O)Cn2cc(C=O)c(C(F)(F)F)n2)Cc2cc(F)cc(F)c2)ccc1F. The van der Waals surface area contributed by atoms with Gasteiger partial charge in [0.05, 0.1) is 16.8 Å². The molecule has 0 aliphatic rings. The van der Waals surface area contributed by atoms with E-state index >= 15 is 0 Å². The Labute approximate surface area is 234 Å². The number of amides is 2. The third kappa shape index (κ3) is 7.00. The monoisotopic (exact) mass is 589 g/mol. The van der Waals surface area contributed by atoms with E-state index in [2.05, 4.69) is 15.4 Å². The molecule has 0 saturated heterocycles. The molecule has 1 unspecified atom stereocenters. The summed E-state index contributed by atoms with van der Waals surface area (Å²) in [4.78, 5) is 39.8. The summed E-state index contributed by atoms with van der Waals surface area (Å²) in [5.74, 6) is -5.10. The quantitative estimate of drug-likeness (QED) is 0.210. The Morgan fingerprint density at radius 3 is 2.38 bits per heavy atom. The largest absolute Gasteiger partial charge is 0.435 e.